The summed E-state index contributed by atoms with van der Waals surface area (Å²) in [5.41, 5.74) is 3.77. The van der Waals surface area contributed by atoms with Gasteiger partial charge in [0.15, 0.2) is 5.82 Å². The van der Waals surface area contributed by atoms with Gasteiger partial charge in [0, 0.05) is 30.8 Å². The molecule has 3 aromatic rings. The first kappa shape index (κ1) is 25.9. The largest absolute Gasteiger partial charge is 0.491 e. The van der Waals surface area contributed by atoms with E-state index < -0.39 is 12.5 Å². The molecule has 3 N–H and O–H groups in total. The fraction of sp³-hybridized carbons (Fsp3) is 0.480. The standard InChI is InChI=1S/C25H32F2N6O3/c1-14-23(22-15(2)32-36-16(22)3)30-25(31-24(14)29-18-10-33(11-18)12-21(26)27)17-6-5-7-20(8-17)35-13-19(34)9-28-4/h5-8,18-19,21,28,34H,9-13H2,1-4H3,(H,29,30,31). The smallest absolute Gasteiger partial charge is 0.251 e. The lowest BCUT2D eigenvalue weighted by Crippen LogP contribution is -2.56. The van der Waals surface area contributed by atoms with Crippen LogP contribution < -0.4 is 15.4 Å². The Balaban J connectivity index is 1.65. The maximum absolute atomic E-state index is 12.7. The molecule has 1 unspecified atom stereocenters. The van der Waals surface area contributed by atoms with Crippen LogP contribution in [0.2, 0.25) is 0 Å². The number of aliphatic hydroxyl groups excluding tert-OH is 1. The molecule has 1 aliphatic rings. The van der Waals surface area contributed by atoms with E-state index in [-0.39, 0.29) is 19.2 Å². The van der Waals surface area contributed by atoms with Crippen LogP contribution in [0.25, 0.3) is 22.6 Å². The quantitative estimate of drug-likeness (QED) is 0.365. The molecule has 0 bridgehead atoms. The number of hydrogen-bond acceptors (Lipinski definition) is 9. The van der Waals surface area contributed by atoms with Crippen molar-refractivity contribution in [3.8, 4) is 28.4 Å². The zero-order chi connectivity index (χ0) is 25.8. The molecule has 0 spiro atoms. The number of anilines is 1. The highest BCUT2D eigenvalue weighted by molar-refractivity contribution is 5.74. The van der Waals surface area contributed by atoms with E-state index in [1.807, 2.05) is 45.0 Å². The first-order valence-electron chi connectivity index (χ1n) is 11.9. The summed E-state index contributed by atoms with van der Waals surface area (Å²) in [6.45, 7) is 6.99. The second kappa shape index (κ2) is 11.3. The number of halogens is 2. The lowest BCUT2D eigenvalue weighted by molar-refractivity contribution is 0.0522. The molecule has 4 rings (SSSR count). The van der Waals surface area contributed by atoms with Crippen molar-refractivity contribution in [2.45, 2.75) is 39.3 Å². The fourth-order valence-electron chi connectivity index (χ4n) is 4.26. The predicted molar refractivity (Wildman–Crippen MR) is 132 cm³/mol. The van der Waals surface area contributed by atoms with Gasteiger partial charge in [-0.1, -0.05) is 17.3 Å². The Kier molecular flexibility index (Phi) is 8.12. The van der Waals surface area contributed by atoms with E-state index in [9.17, 15) is 13.9 Å². The lowest BCUT2D eigenvalue weighted by atomic mass is 10.0. The van der Waals surface area contributed by atoms with Gasteiger partial charge in [0.05, 0.1) is 29.5 Å². The number of aryl methyl sites for hydroxylation is 2. The second-order valence-corrected chi connectivity index (χ2v) is 9.07. The molecule has 1 fully saturated rings. The minimum atomic E-state index is -2.35. The van der Waals surface area contributed by atoms with Crippen molar-refractivity contribution < 1.29 is 23.1 Å². The van der Waals surface area contributed by atoms with Crippen molar-refractivity contribution in [2.75, 3.05) is 45.2 Å². The van der Waals surface area contributed by atoms with E-state index in [4.69, 9.17) is 19.2 Å². The van der Waals surface area contributed by atoms with Crippen molar-refractivity contribution in [2.24, 2.45) is 0 Å². The first-order chi connectivity index (χ1) is 17.2. The number of alkyl halides is 2. The molecule has 11 heteroatoms. The zero-order valence-corrected chi connectivity index (χ0v) is 20.9. The number of nitrogens with one attached hydrogen (secondary N) is 2. The van der Waals surface area contributed by atoms with Crippen LogP contribution in [0.4, 0.5) is 14.6 Å². The molecule has 9 nitrogen and oxygen atoms in total. The average Bonchev–Trinajstić information content (AvgIpc) is 3.15. The number of nitrogens with zero attached hydrogens (tertiary/aromatic N) is 4. The molecule has 194 valence electrons. The second-order valence-electron chi connectivity index (χ2n) is 9.07. The third-order valence-corrected chi connectivity index (χ3v) is 6.08. The van der Waals surface area contributed by atoms with E-state index in [0.717, 1.165) is 16.7 Å². The van der Waals surface area contributed by atoms with Crippen molar-refractivity contribution in [1.29, 1.82) is 0 Å². The normalized spacial score (nSPS) is 15.2. The van der Waals surface area contributed by atoms with Crippen molar-refractivity contribution in [1.82, 2.24) is 25.3 Å². The van der Waals surface area contributed by atoms with Crippen LogP contribution >= 0.6 is 0 Å². The molecule has 0 amide bonds. The van der Waals surface area contributed by atoms with Crippen LogP contribution in [0, 0.1) is 20.8 Å². The highest BCUT2D eigenvalue weighted by atomic mass is 19.3. The van der Waals surface area contributed by atoms with Gasteiger partial charge in [0.1, 0.15) is 30.0 Å². The molecule has 3 heterocycles. The molecule has 36 heavy (non-hydrogen) atoms. The monoisotopic (exact) mass is 502 g/mol. The maximum Gasteiger partial charge on any atom is 0.251 e. The molecule has 0 saturated carbocycles. The Morgan fingerprint density at radius 2 is 2.00 bits per heavy atom. The van der Waals surface area contributed by atoms with Gasteiger partial charge in [-0.05, 0) is 40.0 Å². The summed E-state index contributed by atoms with van der Waals surface area (Å²) < 4.78 is 36.5. The summed E-state index contributed by atoms with van der Waals surface area (Å²) >= 11 is 0. The zero-order valence-electron chi connectivity index (χ0n) is 20.9. The number of likely N-dealkylation sites (N-methyl/N-ethyl adjacent to an activating group) is 1. The number of aromatic nitrogens is 3. The van der Waals surface area contributed by atoms with Gasteiger partial charge in [-0.15, -0.1) is 0 Å². The number of hydrogen-bond donors (Lipinski definition) is 3. The average molecular weight is 503 g/mol. The molecule has 0 aliphatic carbocycles. The third kappa shape index (κ3) is 5.97. The topological polar surface area (TPSA) is 109 Å². The van der Waals surface area contributed by atoms with Crippen LogP contribution in [-0.2, 0) is 0 Å². The highest BCUT2D eigenvalue weighted by Crippen LogP contribution is 2.34. The Labute approximate surface area is 208 Å². The number of benzene rings is 1. The molecule has 1 atom stereocenters. The van der Waals surface area contributed by atoms with Crippen LogP contribution in [0.1, 0.15) is 17.0 Å². The van der Waals surface area contributed by atoms with E-state index >= 15 is 0 Å². The highest BCUT2D eigenvalue weighted by Gasteiger charge is 2.30. The van der Waals surface area contributed by atoms with Gasteiger partial charge in [0.2, 0.25) is 0 Å². The summed E-state index contributed by atoms with van der Waals surface area (Å²) in [7, 11) is 1.76. The van der Waals surface area contributed by atoms with Gasteiger partial charge >= 0.3 is 0 Å². The number of ether oxygens (including phenoxy) is 1. The van der Waals surface area contributed by atoms with E-state index in [1.54, 1.807) is 11.9 Å². The molecular weight excluding hydrogens is 470 g/mol. The molecular formula is C25H32F2N6O3. The van der Waals surface area contributed by atoms with Crippen molar-refractivity contribution in [3.05, 3.63) is 41.3 Å². The maximum atomic E-state index is 12.7. The summed E-state index contributed by atoms with van der Waals surface area (Å²) in [5, 5.41) is 20.4. The minimum absolute atomic E-state index is 0.00560. The van der Waals surface area contributed by atoms with Crippen LogP contribution in [-0.4, -0.2) is 83.5 Å². The van der Waals surface area contributed by atoms with Crippen molar-refractivity contribution >= 4 is 5.82 Å². The predicted octanol–water partition coefficient (Wildman–Crippen LogP) is 3.04. The summed E-state index contributed by atoms with van der Waals surface area (Å²) in [6.07, 6.45) is -2.98. The molecule has 1 saturated heterocycles. The Morgan fingerprint density at radius 3 is 2.67 bits per heavy atom. The van der Waals surface area contributed by atoms with E-state index in [1.165, 1.54) is 0 Å². The van der Waals surface area contributed by atoms with Crippen LogP contribution in [0.3, 0.4) is 0 Å². The number of rotatable bonds is 11. The number of aliphatic hydroxyl groups is 1. The summed E-state index contributed by atoms with van der Waals surface area (Å²) in [5.74, 6) is 2.34. The van der Waals surface area contributed by atoms with Crippen LogP contribution in [0.5, 0.6) is 5.75 Å². The van der Waals surface area contributed by atoms with Crippen molar-refractivity contribution in [3.63, 3.8) is 0 Å². The van der Waals surface area contributed by atoms with E-state index in [0.29, 0.717) is 54.2 Å². The van der Waals surface area contributed by atoms with Gasteiger partial charge < -0.3 is 25.0 Å². The minimum Gasteiger partial charge on any atom is -0.491 e. The third-order valence-electron chi connectivity index (χ3n) is 6.08. The van der Waals surface area contributed by atoms with Crippen LogP contribution in [0.15, 0.2) is 28.8 Å². The molecule has 1 aromatic carbocycles. The number of likely N-dealkylation sites (tertiary alicyclic amines) is 1. The Hall–Kier alpha value is -3.15. The van der Waals surface area contributed by atoms with Gasteiger partial charge in [-0.25, -0.2) is 18.7 Å². The SMILES string of the molecule is CNCC(O)COc1cccc(-c2nc(NC3CN(CC(F)F)C3)c(C)c(-c3c(C)noc3C)n2)c1. The lowest BCUT2D eigenvalue weighted by Gasteiger charge is -2.39. The Morgan fingerprint density at radius 1 is 1.22 bits per heavy atom. The van der Waals surface area contributed by atoms with Gasteiger partial charge in [-0.3, -0.25) is 4.90 Å². The van der Waals surface area contributed by atoms with E-state index in [2.05, 4.69) is 15.8 Å². The molecule has 2 aromatic heterocycles. The fourth-order valence-corrected chi connectivity index (χ4v) is 4.26. The van der Waals surface area contributed by atoms with Gasteiger partial charge in [-0.2, -0.15) is 0 Å². The summed E-state index contributed by atoms with van der Waals surface area (Å²) in [6, 6.07) is 7.37. The first-order valence-corrected chi connectivity index (χ1v) is 11.9. The van der Waals surface area contributed by atoms with Gasteiger partial charge in [0.25, 0.3) is 6.43 Å². The molecule has 0 radical (unpaired) electrons. The Bertz CT molecular complexity index is 1160. The summed E-state index contributed by atoms with van der Waals surface area (Å²) in [4.78, 5) is 11.4. The molecule has 1 aliphatic heterocycles.